The van der Waals surface area contributed by atoms with Gasteiger partial charge in [-0.05, 0) is 63.2 Å². The summed E-state index contributed by atoms with van der Waals surface area (Å²) < 4.78 is 6.34. The molecule has 0 spiro atoms. The Labute approximate surface area is 268 Å². The molecular formula is C35H44N2O9. The molecule has 0 heterocycles. The minimum atomic E-state index is -3.02. The zero-order valence-corrected chi connectivity index (χ0v) is 26.5. The van der Waals surface area contributed by atoms with Crippen LogP contribution in [-0.4, -0.2) is 82.0 Å². The Morgan fingerprint density at radius 1 is 0.957 bits per heavy atom. The first-order chi connectivity index (χ1) is 21.9. The lowest BCUT2D eigenvalue weighted by Crippen LogP contribution is -2.78. The number of hydrogen-bond donors (Lipinski definition) is 3. The smallest absolute Gasteiger partial charge is 0.309 e. The van der Waals surface area contributed by atoms with Gasteiger partial charge in [-0.2, -0.15) is 0 Å². The van der Waals surface area contributed by atoms with Gasteiger partial charge in [-0.1, -0.05) is 57.1 Å². The third-order valence-electron chi connectivity index (χ3n) is 11.7. The third-order valence-corrected chi connectivity index (χ3v) is 11.7. The molecule has 4 N–H and O–H groups in total. The molecule has 0 aromatic heterocycles. The number of Topliss-reactive ketones (excluding diaryl/α,β-unsaturated/α-hetero) is 4. The molecule has 4 saturated carbocycles. The van der Waals surface area contributed by atoms with Crippen LogP contribution in [0.25, 0.3) is 0 Å². The fraction of sp³-hybridized carbons (Fsp3) is 0.657. The van der Waals surface area contributed by atoms with E-state index in [9.17, 15) is 39.0 Å². The number of likely N-dealkylation sites (N-methyl/N-ethyl adjacent to an activating group) is 1. The number of nitrogens with zero attached hydrogens (tertiary/aromatic N) is 1. The summed E-state index contributed by atoms with van der Waals surface area (Å²) in [6.07, 6.45) is 8.01. The fourth-order valence-corrected chi connectivity index (χ4v) is 9.51. The zero-order valence-electron chi connectivity index (χ0n) is 26.5. The van der Waals surface area contributed by atoms with Gasteiger partial charge in [-0.15, -0.1) is 0 Å². The predicted octanol–water partition coefficient (Wildman–Crippen LogP) is 2.48. The predicted molar refractivity (Wildman–Crippen MR) is 163 cm³/mol. The molecular weight excluding hydrogens is 592 g/mol. The molecule has 0 bridgehead atoms. The number of carbonyl (C=O) groups is 6. The van der Waals surface area contributed by atoms with Crippen LogP contribution >= 0.6 is 0 Å². The normalized spacial score (nSPS) is 35.1. The Balaban J connectivity index is 1.55. The van der Waals surface area contributed by atoms with E-state index in [1.54, 1.807) is 12.1 Å². The first-order valence-corrected chi connectivity index (χ1v) is 16.8. The number of esters is 1. The first kappa shape index (κ1) is 32.5. The van der Waals surface area contributed by atoms with Gasteiger partial charge in [0.15, 0.2) is 34.7 Å². The molecule has 8 atom stereocenters. The molecule has 248 valence electrons. The van der Waals surface area contributed by atoms with Gasteiger partial charge in [0.2, 0.25) is 5.91 Å². The molecule has 11 nitrogen and oxygen atoms in total. The van der Waals surface area contributed by atoms with Crippen molar-refractivity contribution in [1.29, 1.82) is 0 Å². The van der Waals surface area contributed by atoms with Gasteiger partial charge in [0, 0.05) is 5.92 Å². The quantitative estimate of drug-likeness (QED) is 0.297. The lowest BCUT2D eigenvalue weighted by Gasteiger charge is -2.57. The highest BCUT2D eigenvalue weighted by Crippen LogP contribution is 2.57. The Morgan fingerprint density at radius 3 is 2.24 bits per heavy atom. The molecule has 0 aliphatic heterocycles. The number of phenols is 1. The third kappa shape index (κ3) is 5.01. The maximum Gasteiger partial charge on any atom is 0.309 e. The Kier molecular flexibility index (Phi) is 8.69. The van der Waals surface area contributed by atoms with Crippen molar-refractivity contribution < 1.29 is 43.7 Å². The summed E-state index contributed by atoms with van der Waals surface area (Å²) in [7, 11) is 3.04. The van der Waals surface area contributed by atoms with Crippen molar-refractivity contribution in [2.24, 2.45) is 41.2 Å². The highest BCUT2D eigenvalue weighted by Gasteiger charge is 2.74. The van der Waals surface area contributed by atoms with Crippen molar-refractivity contribution in [2.45, 2.75) is 94.3 Å². The maximum absolute atomic E-state index is 14.6. The Hall–Kier alpha value is -3.44. The van der Waals surface area contributed by atoms with Crippen molar-refractivity contribution in [3.8, 4) is 5.75 Å². The number of fused-ring (bicyclic) bond motifs is 3. The number of rotatable bonds is 7. The van der Waals surface area contributed by atoms with Gasteiger partial charge in [0.25, 0.3) is 0 Å². The SMILES string of the molecule is CN(C)C1C(=O)C(C(N)=O)C(=O)[C@@]2(O)C(=O)C3C(=O)c4c(O)cccc4[C@H](CCC4CCCC4)[C@H]3[C@H](OC(=O)C3CCCCC3)[C@@H]12. The summed E-state index contributed by atoms with van der Waals surface area (Å²) in [5, 5.41) is 23.3. The molecule has 1 amide bonds. The molecule has 1 aromatic carbocycles. The van der Waals surface area contributed by atoms with Gasteiger partial charge in [0.05, 0.1) is 29.4 Å². The van der Waals surface area contributed by atoms with Crippen LogP contribution < -0.4 is 5.73 Å². The highest BCUT2D eigenvalue weighted by molar-refractivity contribution is 6.32. The zero-order chi connectivity index (χ0) is 33.1. The van der Waals surface area contributed by atoms with E-state index in [0.717, 1.165) is 51.4 Å². The second kappa shape index (κ2) is 12.3. The van der Waals surface area contributed by atoms with Crippen LogP contribution in [0.15, 0.2) is 18.2 Å². The molecule has 3 unspecified atom stereocenters. The van der Waals surface area contributed by atoms with Gasteiger partial charge in [-0.3, -0.25) is 33.7 Å². The number of benzene rings is 1. The summed E-state index contributed by atoms with van der Waals surface area (Å²) in [5.41, 5.74) is 2.95. The van der Waals surface area contributed by atoms with Gasteiger partial charge >= 0.3 is 5.97 Å². The molecule has 5 aliphatic carbocycles. The van der Waals surface area contributed by atoms with Crippen LogP contribution in [0.2, 0.25) is 0 Å². The largest absolute Gasteiger partial charge is 0.507 e. The minimum Gasteiger partial charge on any atom is -0.507 e. The molecule has 0 saturated heterocycles. The van der Waals surface area contributed by atoms with Crippen LogP contribution in [-0.2, 0) is 28.7 Å². The van der Waals surface area contributed by atoms with E-state index in [1.165, 1.54) is 25.1 Å². The molecule has 46 heavy (non-hydrogen) atoms. The fourth-order valence-electron chi connectivity index (χ4n) is 9.51. The number of aliphatic hydroxyl groups is 1. The van der Waals surface area contributed by atoms with E-state index in [2.05, 4.69) is 0 Å². The number of carbonyl (C=O) groups excluding carboxylic acids is 6. The first-order valence-electron chi connectivity index (χ1n) is 16.8. The number of hydrogen-bond acceptors (Lipinski definition) is 10. The molecule has 6 rings (SSSR count). The van der Waals surface area contributed by atoms with E-state index >= 15 is 0 Å². The molecule has 4 fully saturated rings. The lowest BCUT2D eigenvalue weighted by molar-refractivity contribution is -0.207. The number of ether oxygens (including phenoxy) is 1. The monoisotopic (exact) mass is 636 g/mol. The standard InChI is InChI=1S/C35H44N2O9/c1-37(2)27-26-30(46-34(44)18-11-4-3-5-12-18)23-20(16-15-17-9-6-7-10-17)19-13-8-14-21(38)22(19)28(39)24(23)31(41)35(26,45)32(42)25(29(27)40)33(36)43/h8,13-14,17-18,20,23-27,30,38,45H,3-7,9-12,15-16H2,1-2H3,(H2,36,43)/t20-,23+,24?,25?,26+,27?,30-,35-/m0/s1. The number of ketones is 4. The molecule has 11 heteroatoms. The summed E-state index contributed by atoms with van der Waals surface area (Å²) in [4.78, 5) is 84.7. The lowest BCUT2D eigenvalue weighted by atomic mass is 9.48. The topological polar surface area (TPSA) is 181 Å². The van der Waals surface area contributed by atoms with Crippen molar-refractivity contribution in [1.82, 2.24) is 4.90 Å². The molecule has 5 aliphatic rings. The van der Waals surface area contributed by atoms with E-state index < -0.39 is 88.3 Å². The number of aromatic hydroxyl groups is 1. The summed E-state index contributed by atoms with van der Waals surface area (Å²) >= 11 is 0. The van der Waals surface area contributed by atoms with Crippen LogP contribution in [0.1, 0.15) is 92.5 Å². The van der Waals surface area contributed by atoms with E-state index in [0.29, 0.717) is 30.7 Å². The average Bonchev–Trinajstić information content (AvgIpc) is 3.54. The minimum absolute atomic E-state index is 0.0529. The maximum atomic E-state index is 14.6. The highest BCUT2D eigenvalue weighted by atomic mass is 16.5. The van der Waals surface area contributed by atoms with Crippen LogP contribution in [0, 0.1) is 35.5 Å². The number of primary amides is 1. The van der Waals surface area contributed by atoms with Crippen molar-refractivity contribution in [3.63, 3.8) is 0 Å². The van der Waals surface area contributed by atoms with Crippen molar-refractivity contribution in [3.05, 3.63) is 29.3 Å². The van der Waals surface area contributed by atoms with Gasteiger partial charge < -0.3 is 20.7 Å². The van der Waals surface area contributed by atoms with E-state index in [1.807, 2.05) is 0 Å². The molecule has 1 aromatic rings. The van der Waals surface area contributed by atoms with Crippen molar-refractivity contribution in [2.75, 3.05) is 14.1 Å². The second-order valence-electron chi connectivity index (χ2n) is 14.4. The van der Waals surface area contributed by atoms with Crippen LogP contribution in [0.4, 0.5) is 0 Å². The summed E-state index contributed by atoms with van der Waals surface area (Å²) in [6, 6.07) is 3.32. The number of amides is 1. The Morgan fingerprint density at radius 2 is 1.61 bits per heavy atom. The van der Waals surface area contributed by atoms with Gasteiger partial charge in [0.1, 0.15) is 11.9 Å². The summed E-state index contributed by atoms with van der Waals surface area (Å²) in [6.45, 7) is 0. The Bertz CT molecular complexity index is 1460. The number of nitrogens with two attached hydrogens (primary N) is 1. The molecule has 0 radical (unpaired) electrons. The summed E-state index contributed by atoms with van der Waals surface area (Å²) in [5.74, 6) is -13.4. The van der Waals surface area contributed by atoms with E-state index in [4.69, 9.17) is 10.5 Å². The van der Waals surface area contributed by atoms with Gasteiger partial charge in [-0.25, -0.2) is 0 Å². The van der Waals surface area contributed by atoms with Crippen LogP contribution in [0.5, 0.6) is 5.75 Å². The van der Waals surface area contributed by atoms with E-state index in [-0.39, 0.29) is 11.3 Å². The van der Waals surface area contributed by atoms with Crippen LogP contribution in [0.3, 0.4) is 0 Å². The van der Waals surface area contributed by atoms with Crippen molar-refractivity contribution >= 4 is 35.0 Å². The number of phenolic OH excluding ortho intramolecular Hbond substituents is 1. The second-order valence-corrected chi connectivity index (χ2v) is 14.4. The average molecular weight is 637 g/mol.